The molecule has 124 valence electrons. The highest BCUT2D eigenvalue weighted by atomic mass is 35.5. The molecule has 0 spiro atoms. The van der Waals surface area contributed by atoms with E-state index in [-0.39, 0.29) is 6.54 Å². The summed E-state index contributed by atoms with van der Waals surface area (Å²) in [5.74, 6) is 0. The van der Waals surface area contributed by atoms with E-state index in [0.717, 1.165) is 35.2 Å². The maximum Gasteiger partial charge on any atom is 0.127 e. The Bertz CT molecular complexity index is 750. The molecule has 1 aliphatic rings. The van der Waals surface area contributed by atoms with Gasteiger partial charge in [-0.25, -0.2) is 0 Å². The van der Waals surface area contributed by atoms with Gasteiger partial charge in [0.05, 0.1) is 0 Å². The third-order valence-electron chi connectivity index (χ3n) is 4.32. The minimum atomic E-state index is -1.23. The molecule has 3 rings (SSSR count). The highest BCUT2D eigenvalue weighted by Crippen LogP contribution is 2.30. The number of allylic oxidation sites excluding steroid dienone is 2. The quantitative estimate of drug-likeness (QED) is 0.799. The summed E-state index contributed by atoms with van der Waals surface area (Å²) in [6.45, 7) is 1.04. The van der Waals surface area contributed by atoms with E-state index >= 15 is 0 Å². The van der Waals surface area contributed by atoms with Gasteiger partial charge < -0.3 is 16.2 Å². The molecule has 0 bridgehead atoms. The third kappa shape index (κ3) is 3.39. The van der Waals surface area contributed by atoms with Crippen LogP contribution in [0.4, 0.5) is 0 Å². The normalized spacial score (nSPS) is 16.7. The van der Waals surface area contributed by atoms with Crippen LogP contribution in [0.3, 0.4) is 0 Å². The fourth-order valence-electron chi connectivity index (χ4n) is 2.85. The molecule has 4 heteroatoms. The summed E-state index contributed by atoms with van der Waals surface area (Å²) in [7, 11) is 0. The Balaban J connectivity index is 1.93. The first kappa shape index (κ1) is 16.8. The highest BCUT2D eigenvalue weighted by Gasteiger charge is 2.29. The molecular formula is C20H21ClN2O. The number of hydrogen-bond acceptors (Lipinski definition) is 3. The zero-order chi connectivity index (χ0) is 17.0. The number of nitrogens with one attached hydrogen (secondary N) is 1. The second kappa shape index (κ2) is 7.22. The van der Waals surface area contributed by atoms with Gasteiger partial charge in [-0.1, -0.05) is 60.2 Å². The van der Waals surface area contributed by atoms with Crippen molar-refractivity contribution in [3.8, 4) is 0 Å². The van der Waals surface area contributed by atoms with E-state index in [0.29, 0.717) is 5.02 Å². The van der Waals surface area contributed by atoms with E-state index in [1.807, 2.05) is 42.6 Å². The minimum Gasteiger partial charge on any atom is -0.390 e. The molecule has 4 N–H and O–H groups in total. The molecule has 2 aromatic rings. The van der Waals surface area contributed by atoms with Crippen LogP contribution in [0.25, 0.3) is 5.57 Å². The zero-order valence-electron chi connectivity index (χ0n) is 13.4. The van der Waals surface area contributed by atoms with Crippen molar-refractivity contribution in [2.24, 2.45) is 5.73 Å². The van der Waals surface area contributed by atoms with E-state index in [1.54, 1.807) is 12.1 Å². The van der Waals surface area contributed by atoms with Crippen molar-refractivity contribution in [1.82, 2.24) is 5.32 Å². The Labute approximate surface area is 147 Å². The second-order valence-corrected chi connectivity index (χ2v) is 6.33. The summed E-state index contributed by atoms with van der Waals surface area (Å²) in [5.41, 5.74) is 8.39. The van der Waals surface area contributed by atoms with Gasteiger partial charge in [0.25, 0.3) is 0 Å². The van der Waals surface area contributed by atoms with E-state index in [4.69, 9.17) is 17.3 Å². The summed E-state index contributed by atoms with van der Waals surface area (Å²) < 4.78 is 0. The first-order chi connectivity index (χ1) is 11.6. The van der Waals surface area contributed by atoms with E-state index in [9.17, 15) is 5.11 Å². The highest BCUT2D eigenvalue weighted by molar-refractivity contribution is 6.30. The van der Waals surface area contributed by atoms with Crippen LogP contribution < -0.4 is 11.1 Å². The molecular weight excluding hydrogens is 320 g/mol. The average molecular weight is 341 g/mol. The van der Waals surface area contributed by atoms with Gasteiger partial charge in [-0.05, 0) is 40.8 Å². The van der Waals surface area contributed by atoms with E-state index in [1.165, 1.54) is 0 Å². The van der Waals surface area contributed by atoms with Crippen molar-refractivity contribution in [2.75, 3.05) is 13.1 Å². The van der Waals surface area contributed by atoms with Crippen molar-refractivity contribution >= 4 is 17.2 Å². The molecule has 1 aliphatic heterocycles. The summed E-state index contributed by atoms with van der Waals surface area (Å²) in [4.78, 5) is 0. The maximum absolute atomic E-state index is 11.1. The Morgan fingerprint density at radius 2 is 1.67 bits per heavy atom. The van der Waals surface area contributed by atoms with Crippen LogP contribution in [0.2, 0.25) is 5.02 Å². The van der Waals surface area contributed by atoms with Crippen LogP contribution in [-0.2, 0) is 5.60 Å². The second-order valence-electron chi connectivity index (χ2n) is 5.89. The monoisotopic (exact) mass is 340 g/mol. The Hall–Kier alpha value is -2.07. The SMILES string of the molecule is NC[C@@](O)(c1ccc(Cl)cc1)c1ccc(C2=CNCCC=C2)cc1. The topological polar surface area (TPSA) is 58.3 Å². The molecule has 0 aliphatic carbocycles. The van der Waals surface area contributed by atoms with Crippen LogP contribution in [0.5, 0.6) is 0 Å². The van der Waals surface area contributed by atoms with Crippen LogP contribution in [-0.4, -0.2) is 18.2 Å². The van der Waals surface area contributed by atoms with Gasteiger partial charge in [0.2, 0.25) is 0 Å². The number of benzene rings is 2. The fraction of sp³-hybridized carbons (Fsp3) is 0.200. The molecule has 0 fully saturated rings. The Morgan fingerprint density at radius 3 is 2.29 bits per heavy atom. The standard InChI is InChI=1S/C20H21ClN2O/c21-19-10-8-18(9-11-19)20(24,14-22)17-6-4-15(5-7-17)16-3-1-2-12-23-13-16/h1,3-11,13,23-24H,2,12,14,22H2/t20-/m0/s1. The lowest BCUT2D eigenvalue weighted by atomic mass is 9.85. The fourth-order valence-corrected chi connectivity index (χ4v) is 2.98. The maximum atomic E-state index is 11.1. The van der Waals surface area contributed by atoms with E-state index in [2.05, 4.69) is 17.5 Å². The number of nitrogens with two attached hydrogens (primary N) is 1. The molecule has 3 nitrogen and oxygen atoms in total. The van der Waals surface area contributed by atoms with Gasteiger partial charge in [0.1, 0.15) is 5.60 Å². The average Bonchev–Trinajstić information content (AvgIpc) is 2.91. The number of aliphatic hydroxyl groups is 1. The van der Waals surface area contributed by atoms with Crippen molar-refractivity contribution in [3.63, 3.8) is 0 Å². The summed E-state index contributed by atoms with van der Waals surface area (Å²) in [6, 6.07) is 15.0. The van der Waals surface area contributed by atoms with E-state index < -0.39 is 5.60 Å². The molecule has 0 amide bonds. The number of hydrogen-bond donors (Lipinski definition) is 3. The van der Waals surface area contributed by atoms with Crippen molar-refractivity contribution in [2.45, 2.75) is 12.0 Å². The van der Waals surface area contributed by atoms with Gasteiger partial charge in [0, 0.05) is 24.3 Å². The Kier molecular flexibility index (Phi) is 5.05. The van der Waals surface area contributed by atoms with Crippen LogP contribution >= 0.6 is 11.6 Å². The molecule has 0 radical (unpaired) electrons. The predicted octanol–water partition coefficient (Wildman–Crippen LogP) is 3.43. The molecule has 2 aromatic carbocycles. The number of halogens is 1. The lowest BCUT2D eigenvalue weighted by Gasteiger charge is -2.28. The summed E-state index contributed by atoms with van der Waals surface area (Å²) in [5, 5.41) is 15.0. The lowest BCUT2D eigenvalue weighted by molar-refractivity contribution is 0.0902. The first-order valence-corrected chi connectivity index (χ1v) is 8.41. The van der Waals surface area contributed by atoms with Crippen LogP contribution in [0.15, 0.2) is 66.9 Å². The van der Waals surface area contributed by atoms with Crippen molar-refractivity contribution in [1.29, 1.82) is 0 Å². The van der Waals surface area contributed by atoms with Gasteiger partial charge in [-0.2, -0.15) is 0 Å². The molecule has 1 heterocycles. The van der Waals surface area contributed by atoms with Gasteiger partial charge in [0.15, 0.2) is 0 Å². The first-order valence-electron chi connectivity index (χ1n) is 8.03. The Morgan fingerprint density at radius 1 is 1.04 bits per heavy atom. The molecule has 0 saturated carbocycles. The largest absolute Gasteiger partial charge is 0.390 e. The third-order valence-corrected chi connectivity index (χ3v) is 4.58. The van der Waals surface area contributed by atoms with Crippen LogP contribution in [0, 0.1) is 0 Å². The summed E-state index contributed by atoms with van der Waals surface area (Å²) in [6.07, 6.45) is 7.31. The van der Waals surface area contributed by atoms with Crippen LogP contribution in [0.1, 0.15) is 23.1 Å². The molecule has 0 saturated heterocycles. The van der Waals surface area contributed by atoms with Gasteiger partial charge >= 0.3 is 0 Å². The summed E-state index contributed by atoms with van der Waals surface area (Å²) >= 11 is 5.94. The van der Waals surface area contributed by atoms with Gasteiger partial charge in [-0.15, -0.1) is 0 Å². The minimum absolute atomic E-state index is 0.0954. The van der Waals surface area contributed by atoms with Crippen molar-refractivity contribution in [3.05, 3.63) is 88.6 Å². The molecule has 0 aromatic heterocycles. The predicted molar refractivity (Wildman–Crippen MR) is 99.7 cm³/mol. The van der Waals surface area contributed by atoms with Crippen molar-refractivity contribution < 1.29 is 5.11 Å². The molecule has 1 atom stereocenters. The lowest BCUT2D eigenvalue weighted by Crippen LogP contribution is -2.36. The zero-order valence-corrected chi connectivity index (χ0v) is 14.1. The molecule has 24 heavy (non-hydrogen) atoms. The molecule has 0 unspecified atom stereocenters. The number of rotatable bonds is 4. The van der Waals surface area contributed by atoms with Gasteiger partial charge in [-0.3, -0.25) is 0 Å². The smallest absolute Gasteiger partial charge is 0.127 e.